The maximum atomic E-state index is 11.8. The zero-order valence-corrected chi connectivity index (χ0v) is 15.9. The fourth-order valence-corrected chi connectivity index (χ4v) is 3.60. The molecule has 2 saturated heterocycles. The average molecular weight is 341 g/mol. The standard InChI is InChI=1S/C18H36N4O2/c1-19(2)8-4-16-24-18(23)7-11-21-12-14-22(15-13-21)17-5-9-20(3)10-6-17/h17H,4-16H2,1-3H3. The predicted molar refractivity (Wildman–Crippen MR) is 97.3 cm³/mol. The lowest BCUT2D eigenvalue weighted by atomic mass is 10.0. The van der Waals surface area contributed by atoms with Crippen molar-refractivity contribution in [2.24, 2.45) is 0 Å². The highest BCUT2D eigenvalue weighted by Gasteiger charge is 2.26. The summed E-state index contributed by atoms with van der Waals surface area (Å²) in [5.74, 6) is -0.0495. The number of hydrogen-bond acceptors (Lipinski definition) is 6. The molecule has 0 aromatic carbocycles. The maximum Gasteiger partial charge on any atom is 0.307 e. The van der Waals surface area contributed by atoms with Gasteiger partial charge in [-0.1, -0.05) is 0 Å². The second-order valence-electron chi connectivity index (χ2n) is 7.54. The molecule has 2 aliphatic heterocycles. The number of esters is 1. The van der Waals surface area contributed by atoms with E-state index in [1.54, 1.807) is 0 Å². The molecule has 6 heteroatoms. The summed E-state index contributed by atoms with van der Waals surface area (Å²) in [6.07, 6.45) is 4.04. The highest BCUT2D eigenvalue weighted by Crippen LogP contribution is 2.17. The van der Waals surface area contributed by atoms with Gasteiger partial charge in [0.25, 0.3) is 0 Å². The molecule has 2 rings (SSSR count). The second kappa shape index (κ2) is 10.3. The van der Waals surface area contributed by atoms with Crippen molar-refractivity contribution in [1.82, 2.24) is 19.6 Å². The Labute approximate surface area is 147 Å². The zero-order valence-electron chi connectivity index (χ0n) is 15.9. The van der Waals surface area contributed by atoms with Crippen molar-refractivity contribution in [3.05, 3.63) is 0 Å². The SMILES string of the molecule is CN(C)CCCOC(=O)CCN1CCN(C2CCN(C)CC2)CC1. The van der Waals surface area contributed by atoms with E-state index in [-0.39, 0.29) is 5.97 Å². The van der Waals surface area contributed by atoms with E-state index in [2.05, 4.69) is 26.6 Å². The van der Waals surface area contributed by atoms with Gasteiger partial charge in [0.2, 0.25) is 0 Å². The number of rotatable bonds is 8. The Morgan fingerprint density at radius 3 is 2.38 bits per heavy atom. The summed E-state index contributed by atoms with van der Waals surface area (Å²) >= 11 is 0. The van der Waals surface area contributed by atoms with E-state index in [1.165, 1.54) is 25.9 Å². The van der Waals surface area contributed by atoms with E-state index in [4.69, 9.17) is 4.74 Å². The molecule has 6 nitrogen and oxygen atoms in total. The zero-order chi connectivity index (χ0) is 17.4. The van der Waals surface area contributed by atoms with Crippen LogP contribution in [0.2, 0.25) is 0 Å². The van der Waals surface area contributed by atoms with Crippen LogP contribution < -0.4 is 0 Å². The van der Waals surface area contributed by atoms with Crippen LogP contribution in [0.4, 0.5) is 0 Å². The second-order valence-corrected chi connectivity index (χ2v) is 7.54. The van der Waals surface area contributed by atoms with Crippen LogP contribution in [-0.4, -0.2) is 112 Å². The molecule has 0 radical (unpaired) electrons. The van der Waals surface area contributed by atoms with Crippen LogP contribution in [0.25, 0.3) is 0 Å². The molecule has 0 aromatic rings. The molecule has 0 unspecified atom stereocenters. The van der Waals surface area contributed by atoms with Gasteiger partial charge < -0.3 is 19.4 Å². The van der Waals surface area contributed by atoms with Crippen LogP contribution in [-0.2, 0) is 9.53 Å². The Hall–Kier alpha value is -0.690. The molecule has 2 aliphatic rings. The molecule has 24 heavy (non-hydrogen) atoms. The first-order valence-corrected chi connectivity index (χ1v) is 9.50. The van der Waals surface area contributed by atoms with Crippen molar-refractivity contribution in [1.29, 1.82) is 0 Å². The minimum absolute atomic E-state index is 0.0495. The molecule has 0 aromatic heterocycles. The van der Waals surface area contributed by atoms with E-state index >= 15 is 0 Å². The summed E-state index contributed by atoms with van der Waals surface area (Å²) in [4.78, 5) is 21.4. The van der Waals surface area contributed by atoms with Crippen molar-refractivity contribution in [3.63, 3.8) is 0 Å². The largest absolute Gasteiger partial charge is 0.466 e. The van der Waals surface area contributed by atoms with Crippen LogP contribution in [0.15, 0.2) is 0 Å². The number of likely N-dealkylation sites (tertiary alicyclic amines) is 1. The number of hydrogen-bond donors (Lipinski definition) is 0. The smallest absolute Gasteiger partial charge is 0.307 e. The topological polar surface area (TPSA) is 39.3 Å². The molecular weight excluding hydrogens is 304 g/mol. The van der Waals surface area contributed by atoms with Gasteiger partial charge in [0.05, 0.1) is 13.0 Å². The Balaban J connectivity index is 1.54. The first-order valence-electron chi connectivity index (χ1n) is 9.50. The minimum atomic E-state index is -0.0495. The Bertz CT molecular complexity index is 362. The van der Waals surface area contributed by atoms with Crippen LogP contribution in [0.1, 0.15) is 25.7 Å². The van der Waals surface area contributed by atoms with Crippen molar-refractivity contribution < 1.29 is 9.53 Å². The normalized spacial score (nSPS) is 22.2. The fourth-order valence-electron chi connectivity index (χ4n) is 3.60. The average Bonchev–Trinajstić information content (AvgIpc) is 2.58. The van der Waals surface area contributed by atoms with Gasteiger partial charge in [0.15, 0.2) is 0 Å². The van der Waals surface area contributed by atoms with Crippen LogP contribution in [0.5, 0.6) is 0 Å². The number of carbonyl (C=O) groups is 1. The van der Waals surface area contributed by atoms with E-state index in [0.717, 1.165) is 51.7 Å². The van der Waals surface area contributed by atoms with Crippen molar-refractivity contribution in [3.8, 4) is 0 Å². The Morgan fingerprint density at radius 1 is 1.08 bits per heavy atom. The van der Waals surface area contributed by atoms with Gasteiger partial charge in [0.1, 0.15) is 0 Å². The van der Waals surface area contributed by atoms with Gasteiger partial charge in [-0.25, -0.2) is 0 Å². The summed E-state index contributed by atoms with van der Waals surface area (Å²) < 4.78 is 5.30. The molecule has 0 spiro atoms. The van der Waals surface area contributed by atoms with Gasteiger partial charge in [-0.15, -0.1) is 0 Å². The maximum absolute atomic E-state index is 11.8. The third kappa shape index (κ3) is 7.05. The van der Waals surface area contributed by atoms with E-state index in [9.17, 15) is 4.79 Å². The Kier molecular flexibility index (Phi) is 8.45. The summed E-state index contributed by atoms with van der Waals surface area (Å²) in [5.41, 5.74) is 0. The van der Waals surface area contributed by atoms with E-state index < -0.39 is 0 Å². The first-order chi connectivity index (χ1) is 11.5. The van der Waals surface area contributed by atoms with Crippen molar-refractivity contribution >= 4 is 5.97 Å². The van der Waals surface area contributed by atoms with Crippen molar-refractivity contribution in [2.45, 2.75) is 31.7 Å². The minimum Gasteiger partial charge on any atom is -0.466 e. The summed E-state index contributed by atoms with van der Waals surface area (Å²) in [6, 6.07) is 0.769. The highest BCUT2D eigenvalue weighted by molar-refractivity contribution is 5.69. The third-order valence-electron chi connectivity index (χ3n) is 5.26. The molecule has 0 atom stereocenters. The number of nitrogens with zero attached hydrogens (tertiary/aromatic N) is 4. The monoisotopic (exact) mass is 340 g/mol. The quantitative estimate of drug-likeness (QED) is 0.476. The van der Waals surface area contributed by atoms with Gasteiger partial charge in [-0.05, 0) is 53.5 Å². The molecule has 0 amide bonds. The number of piperidine rings is 1. The lowest BCUT2D eigenvalue weighted by Gasteiger charge is -2.42. The highest BCUT2D eigenvalue weighted by atomic mass is 16.5. The molecule has 0 saturated carbocycles. The first kappa shape index (κ1) is 19.6. The van der Waals surface area contributed by atoms with Gasteiger partial charge >= 0.3 is 5.97 Å². The Morgan fingerprint density at radius 2 is 1.75 bits per heavy atom. The van der Waals surface area contributed by atoms with Crippen LogP contribution >= 0.6 is 0 Å². The summed E-state index contributed by atoms with van der Waals surface area (Å²) in [6.45, 7) is 9.26. The fraction of sp³-hybridized carbons (Fsp3) is 0.944. The van der Waals surface area contributed by atoms with Gasteiger partial charge in [0, 0.05) is 45.3 Å². The lowest BCUT2D eigenvalue weighted by Crippen LogP contribution is -2.53. The predicted octanol–water partition coefficient (Wildman–Crippen LogP) is 0.583. The van der Waals surface area contributed by atoms with Crippen LogP contribution in [0.3, 0.4) is 0 Å². The number of carbonyl (C=O) groups excluding carboxylic acids is 1. The summed E-state index contributed by atoms with van der Waals surface area (Å²) in [5, 5.41) is 0. The summed E-state index contributed by atoms with van der Waals surface area (Å²) in [7, 11) is 6.29. The molecule has 0 aliphatic carbocycles. The number of piperazine rings is 1. The lowest BCUT2D eigenvalue weighted by molar-refractivity contribution is -0.144. The molecule has 2 fully saturated rings. The molecule has 2 heterocycles. The molecule has 0 N–H and O–H groups in total. The third-order valence-corrected chi connectivity index (χ3v) is 5.26. The van der Waals surface area contributed by atoms with E-state index in [0.29, 0.717) is 13.0 Å². The van der Waals surface area contributed by atoms with E-state index in [1.807, 2.05) is 14.1 Å². The molecule has 0 bridgehead atoms. The van der Waals surface area contributed by atoms with Crippen molar-refractivity contribution in [2.75, 3.05) is 80.1 Å². The molecular formula is C18H36N4O2. The van der Waals surface area contributed by atoms with Gasteiger partial charge in [-0.2, -0.15) is 0 Å². The van der Waals surface area contributed by atoms with Gasteiger partial charge in [-0.3, -0.25) is 9.69 Å². The van der Waals surface area contributed by atoms with Crippen LogP contribution in [0, 0.1) is 0 Å². The molecule has 140 valence electrons. The number of ether oxygens (including phenoxy) is 1.